The monoisotopic (exact) mass is 320 g/mol. The van der Waals surface area contributed by atoms with E-state index in [0.29, 0.717) is 5.56 Å². The van der Waals surface area contributed by atoms with Crippen molar-refractivity contribution in [2.75, 3.05) is 0 Å². The van der Waals surface area contributed by atoms with Crippen molar-refractivity contribution in [3.63, 3.8) is 0 Å². The second kappa shape index (κ2) is 6.35. The number of hydrogen-bond acceptors (Lipinski definition) is 5. The number of carbonyl (C=O) groups is 3. The number of para-hydroxylation sites is 1. The lowest BCUT2D eigenvalue weighted by molar-refractivity contribution is -0.144. The minimum Gasteiger partial charge on any atom is -0.479 e. The van der Waals surface area contributed by atoms with Gasteiger partial charge in [0.1, 0.15) is 11.3 Å². The molecule has 0 spiro atoms. The van der Waals surface area contributed by atoms with Crippen molar-refractivity contribution in [1.82, 2.24) is 10.6 Å². The Labute approximate surface area is 131 Å². The van der Waals surface area contributed by atoms with Gasteiger partial charge in [-0.05, 0) is 31.3 Å². The Morgan fingerprint density at radius 3 is 2.45 bits per heavy atom. The lowest BCUT2D eigenvalue weighted by atomic mass is 10.1. The zero-order chi connectivity index (χ0) is 16.3. The fourth-order valence-electron chi connectivity index (χ4n) is 1.71. The third kappa shape index (κ3) is 3.47. The van der Waals surface area contributed by atoms with Gasteiger partial charge in [0.05, 0.1) is 0 Å². The molecule has 1 atom stereocenters. The number of rotatable bonds is 4. The summed E-state index contributed by atoms with van der Waals surface area (Å²) >= 11 is 4.71. The largest absolute Gasteiger partial charge is 0.479 e. The quantitative estimate of drug-likeness (QED) is 0.423. The molecule has 8 heteroatoms. The SMILES string of the molecule is C[C@H](Oc1ccccc1C=C1C(=O)NC(=S)NC1=O)C(=O)O. The standard InChI is InChI=1S/C14H12N2O5S/c1-7(13(19)20)21-10-5-3-2-4-8(10)6-9-11(17)15-14(22)16-12(9)18/h2-7H,1H3,(H,19,20)(H2,15,16,17,18,22)/t7-/m0/s1. The van der Waals surface area contributed by atoms with Crippen LogP contribution in [0.5, 0.6) is 5.75 Å². The van der Waals surface area contributed by atoms with Crippen molar-refractivity contribution in [2.24, 2.45) is 0 Å². The summed E-state index contributed by atoms with van der Waals surface area (Å²) in [5.74, 6) is -2.13. The van der Waals surface area contributed by atoms with E-state index in [4.69, 9.17) is 22.1 Å². The van der Waals surface area contributed by atoms with Gasteiger partial charge >= 0.3 is 5.97 Å². The van der Waals surface area contributed by atoms with Crippen LogP contribution in [0.1, 0.15) is 12.5 Å². The minimum atomic E-state index is -1.12. The van der Waals surface area contributed by atoms with Gasteiger partial charge in [-0.15, -0.1) is 0 Å². The Balaban J connectivity index is 2.35. The van der Waals surface area contributed by atoms with Gasteiger partial charge in [-0.25, -0.2) is 4.79 Å². The Kier molecular flexibility index (Phi) is 4.52. The third-order valence-corrected chi connectivity index (χ3v) is 3.02. The van der Waals surface area contributed by atoms with E-state index in [0.717, 1.165) is 0 Å². The van der Waals surface area contributed by atoms with Crippen LogP contribution in [0.2, 0.25) is 0 Å². The molecule has 0 radical (unpaired) electrons. The lowest BCUT2D eigenvalue weighted by Gasteiger charge is -2.17. The zero-order valence-corrected chi connectivity index (χ0v) is 12.3. The Bertz CT molecular complexity index is 676. The molecular weight excluding hydrogens is 308 g/mol. The Morgan fingerprint density at radius 1 is 1.27 bits per heavy atom. The number of carboxylic acids is 1. The fraction of sp³-hybridized carbons (Fsp3) is 0.143. The van der Waals surface area contributed by atoms with Gasteiger partial charge in [0.25, 0.3) is 11.8 Å². The van der Waals surface area contributed by atoms with E-state index in [1.54, 1.807) is 24.3 Å². The number of carbonyl (C=O) groups excluding carboxylic acids is 2. The van der Waals surface area contributed by atoms with E-state index >= 15 is 0 Å². The predicted octanol–water partition coefficient (Wildman–Crippen LogP) is 0.453. The molecule has 2 rings (SSSR count). The maximum atomic E-state index is 11.8. The molecular formula is C14H12N2O5S. The molecule has 22 heavy (non-hydrogen) atoms. The number of ether oxygens (including phenoxy) is 1. The van der Waals surface area contributed by atoms with Crippen molar-refractivity contribution >= 4 is 41.2 Å². The van der Waals surface area contributed by atoms with Crippen molar-refractivity contribution in [2.45, 2.75) is 13.0 Å². The lowest BCUT2D eigenvalue weighted by Crippen LogP contribution is -2.51. The van der Waals surface area contributed by atoms with Crippen LogP contribution in [0, 0.1) is 0 Å². The first kappa shape index (κ1) is 15.6. The average molecular weight is 320 g/mol. The summed E-state index contributed by atoms with van der Waals surface area (Å²) in [5.41, 5.74) is 0.261. The summed E-state index contributed by atoms with van der Waals surface area (Å²) in [7, 11) is 0. The van der Waals surface area contributed by atoms with Crippen LogP contribution in [0.4, 0.5) is 0 Å². The molecule has 1 aliphatic rings. The normalized spacial score (nSPS) is 15.7. The van der Waals surface area contributed by atoms with Gasteiger partial charge in [0.2, 0.25) is 0 Å². The summed E-state index contributed by atoms with van der Waals surface area (Å²) in [5, 5.41) is 13.5. The van der Waals surface area contributed by atoms with Gasteiger partial charge < -0.3 is 9.84 Å². The highest BCUT2D eigenvalue weighted by molar-refractivity contribution is 7.80. The summed E-state index contributed by atoms with van der Waals surface area (Å²) in [6, 6.07) is 6.48. The molecule has 2 amide bonds. The number of hydrogen-bond donors (Lipinski definition) is 3. The molecule has 1 aromatic carbocycles. The third-order valence-electron chi connectivity index (χ3n) is 2.81. The Morgan fingerprint density at radius 2 is 1.86 bits per heavy atom. The number of aliphatic carboxylic acids is 1. The Hall–Kier alpha value is -2.74. The molecule has 0 unspecified atom stereocenters. The van der Waals surface area contributed by atoms with E-state index in [2.05, 4.69) is 10.6 Å². The summed E-state index contributed by atoms with van der Waals surface area (Å²) < 4.78 is 5.31. The summed E-state index contributed by atoms with van der Waals surface area (Å²) in [6.45, 7) is 1.38. The van der Waals surface area contributed by atoms with Gasteiger partial charge in [-0.2, -0.15) is 0 Å². The van der Waals surface area contributed by atoms with Crippen LogP contribution in [-0.2, 0) is 14.4 Å². The predicted molar refractivity (Wildman–Crippen MR) is 81.0 cm³/mol. The van der Waals surface area contributed by atoms with Crippen LogP contribution in [-0.4, -0.2) is 34.1 Å². The van der Waals surface area contributed by atoms with Crippen molar-refractivity contribution in [3.05, 3.63) is 35.4 Å². The highest BCUT2D eigenvalue weighted by Crippen LogP contribution is 2.23. The van der Waals surface area contributed by atoms with Gasteiger partial charge in [-0.1, -0.05) is 18.2 Å². The first-order valence-electron chi connectivity index (χ1n) is 6.25. The van der Waals surface area contributed by atoms with Crippen molar-refractivity contribution < 1.29 is 24.2 Å². The smallest absolute Gasteiger partial charge is 0.344 e. The maximum Gasteiger partial charge on any atom is 0.344 e. The van der Waals surface area contributed by atoms with E-state index in [9.17, 15) is 14.4 Å². The molecule has 1 aromatic rings. The maximum absolute atomic E-state index is 11.8. The highest BCUT2D eigenvalue weighted by Gasteiger charge is 2.26. The first-order valence-corrected chi connectivity index (χ1v) is 6.66. The molecule has 3 N–H and O–H groups in total. The molecule has 1 fully saturated rings. The highest BCUT2D eigenvalue weighted by atomic mass is 32.1. The summed E-state index contributed by atoms with van der Waals surface area (Å²) in [6.07, 6.45) is 0.247. The molecule has 0 aromatic heterocycles. The summed E-state index contributed by atoms with van der Waals surface area (Å²) in [4.78, 5) is 34.5. The van der Waals surface area contributed by atoms with Gasteiger partial charge in [0, 0.05) is 5.56 Å². The molecule has 114 valence electrons. The molecule has 1 saturated heterocycles. The van der Waals surface area contributed by atoms with Gasteiger partial charge in [0.15, 0.2) is 11.2 Å². The average Bonchev–Trinajstić information content (AvgIpc) is 2.44. The van der Waals surface area contributed by atoms with Gasteiger partial charge in [-0.3, -0.25) is 20.2 Å². The second-order valence-electron chi connectivity index (χ2n) is 4.43. The number of thiocarbonyl (C=S) groups is 1. The molecule has 0 aliphatic carbocycles. The van der Waals surface area contributed by atoms with Crippen LogP contribution in [0.3, 0.4) is 0 Å². The second-order valence-corrected chi connectivity index (χ2v) is 4.84. The number of carboxylic acid groups (broad SMARTS) is 1. The van der Waals surface area contributed by atoms with Crippen LogP contribution in [0.15, 0.2) is 29.8 Å². The van der Waals surface area contributed by atoms with E-state index in [-0.39, 0.29) is 16.4 Å². The zero-order valence-electron chi connectivity index (χ0n) is 11.5. The van der Waals surface area contributed by atoms with E-state index in [1.165, 1.54) is 13.0 Å². The molecule has 0 saturated carbocycles. The number of benzene rings is 1. The molecule has 0 bridgehead atoms. The van der Waals surface area contributed by atoms with Crippen molar-refractivity contribution in [1.29, 1.82) is 0 Å². The number of nitrogens with one attached hydrogen (secondary N) is 2. The fourth-order valence-corrected chi connectivity index (χ4v) is 1.90. The minimum absolute atomic E-state index is 0.0591. The van der Waals surface area contributed by atoms with E-state index in [1.807, 2.05) is 0 Å². The van der Waals surface area contributed by atoms with E-state index < -0.39 is 23.9 Å². The molecule has 7 nitrogen and oxygen atoms in total. The topological polar surface area (TPSA) is 105 Å². The van der Waals surface area contributed by atoms with Crippen LogP contribution < -0.4 is 15.4 Å². The number of amides is 2. The van der Waals surface area contributed by atoms with Crippen LogP contribution >= 0.6 is 12.2 Å². The first-order chi connectivity index (χ1) is 10.4. The molecule has 1 aliphatic heterocycles. The van der Waals surface area contributed by atoms with Crippen LogP contribution in [0.25, 0.3) is 6.08 Å². The van der Waals surface area contributed by atoms with Crippen molar-refractivity contribution in [3.8, 4) is 5.75 Å². The molecule has 1 heterocycles.